The molecular formula is C12H28N2O3. The van der Waals surface area contributed by atoms with Crippen molar-refractivity contribution in [3.63, 3.8) is 0 Å². The molecule has 0 aromatic rings. The molecule has 0 aliphatic rings. The van der Waals surface area contributed by atoms with Gasteiger partial charge in [-0.15, -0.1) is 0 Å². The maximum Gasteiger partial charge on any atom is 0.303 e. The molecular weight excluding hydrogens is 220 g/mol. The van der Waals surface area contributed by atoms with Gasteiger partial charge < -0.3 is 10.2 Å². The number of carbonyl (C=O) groups is 1. The van der Waals surface area contributed by atoms with Crippen molar-refractivity contribution in [2.75, 3.05) is 13.2 Å². The van der Waals surface area contributed by atoms with E-state index in [0.29, 0.717) is 13.0 Å². The summed E-state index contributed by atoms with van der Waals surface area (Å²) in [5.74, 6) is 4.07. The van der Waals surface area contributed by atoms with Crippen LogP contribution in [0.15, 0.2) is 0 Å². The molecule has 0 aromatic carbocycles. The Morgan fingerprint density at radius 1 is 1.12 bits per heavy atom. The minimum atomic E-state index is -0.663. The highest BCUT2D eigenvalue weighted by atomic mass is 16.4. The van der Waals surface area contributed by atoms with E-state index in [0.717, 1.165) is 12.8 Å². The van der Waals surface area contributed by atoms with Gasteiger partial charge in [0.15, 0.2) is 0 Å². The first-order valence-corrected chi connectivity index (χ1v) is 6.45. The standard InChI is InChI=1S/C10H20O2.C2H8N2O/c1-2-3-4-5-6-7-8-9-10(11)12;3-4-1-2-5/h2-9H2,1H3,(H,11,12);4-5H,1-3H2. The molecule has 0 aromatic heterocycles. The molecule has 5 N–H and O–H groups in total. The predicted molar refractivity (Wildman–Crippen MR) is 69.5 cm³/mol. The number of carboxylic acids is 1. The molecule has 0 amide bonds. The largest absolute Gasteiger partial charge is 0.481 e. The van der Waals surface area contributed by atoms with Crippen LogP contribution in [0, 0.1) is 0 Å². The number of carboxylic acid groups (broad SMARTS) is 1. The van der Waals surface area contributed by atoms with Crippen molar-refractivity contribution in [3.8, 4) is 0 Å². The van der Waals surface area contributed by atoms with Crippen LogP contribution >= 0.6 is 0 Å². The summed E-state index contributed by atoms with van der Waals surface area (Å²) in [6.45, 7) is 2.78. The lowest BCUT2D eigenvalue weighted by atomic mass is 10.1. The van der Waals surface area contributed by atoms with Crippen LogP contribution in [0.3, 0.4) is 0 Å². The Morgan fingerprint density at radius 3 is 2.00 bits per heavy atom. The summed E-state index contributed by atoms with van der Waals surface area (Å²) in [4.78, 5) is 10.1. The van der Waals surface area contributed by atoms with Crippen molar-refractivity contribution in [2.45, 2.75) is 58.3 Å². The van der Waals surface area contributed by atoms with E-state index in [9.17, 15) is 4.79 Å². The fourth-order valence-electron chi connectivity index (χ4n) is 1.30. The smallest absolute Gasteiger partial charge is 0.303 e. The van der Waals surface area contributed by atoms with Gasteiger partial charge in [-0.1, -0.05) is 45.4 Å². The molecule has 0 saturated carbocycles. The van der Waals surface area contributed by atoms with Gasteiger partial charge in [-0.2, -0.15) is 0 Å². The number of aliphatic hydroxyl groups is 1. The summed E-state index contributed by atoms with van der Waals surface area (Å²) in [7, 11) is 0. The Morgan fingerprint density at radius 2 is 1.65 bits per heavy atom. The lowest BCUT2D eigenvalue weighted by molar-refractivity contribution is -0.137. The van der Waals surface area contributed by atoms with Crippen LogP contribution < -0.4 is 11.3 Å². The van der Waals surface area contributed by atoms with E-state index in [4.69, 9.17) is 16.1 Å². The van der Waals surface area contributed by atoms with E-state index in [1.165, 1.54) is 32.1 Å². The third kappa shape index (κ3) is 25.5. The molecule has 0 rings (SSSR count). The Balaban J connectivity index is 0. The molecule has 0 heterocycles. The second kappa shape index (κ2) is 17.7. The molecule has 5 heteroatoms. The first kappa shape index (κ1) is 18.7. The number of nitrogens with two attached hydrogens (primary N) is 1. The summed E-state index contributed by atoms with van der Waals surface area (Å²) in [6.07, 6.45) is 8.64. The summed E-state index contributed by atoms with van der Waals surface area (Å²) in [5.41, 5.74) is 2.27. The van der Waals surface area contributed by atoms with Gasteiger partial charge in [0.1, 0.15) is 0 Å². The molecule has 5 nitrogen and oxygen atoms in total. The van der Waals surface area contributed by atoms with E-state index >= 15 is 0 Å². The lowest BCUT2D eigenvalue weighted by Gasteiger charge is -1.98. The van der Waals surface area contributed by atoms with Crippen LogP contribution in [0.4, 0.5) is 0 Å². The van der Waals surface area contributed by atoms with E-state index in [1.807, 2.05) is 0 Å². The molecule has 0 saturated heterocycles. The molecule has 0 radical (unpaired) electrons. The lowest BCUT2D eigenvalue weighted by Crippen LogP contribution is -2.24. The third-order valence-corrected chi connectivity index (χ3v) is 2.25. The van der Waals surface area contributed by atoms with Gasteiger partial charge in [0, 0.05) is 13.0 Å². The number of aliphatic carboxylic acids is 1. The Labute approximate surface area is 104 Å². The van der Waals surface area contributed by atoms with Crippen LogP contribution in [-0.4, -0.2) is 29.3 Å². The van der Waals surface area contributed by atoms with Crippen molar-refractivity contribution < 1.29 is 15.0 Å². The van der Waals surface area contributed by atoms with Gasteiger partial charge in [-0.05, 0) is 6.42 Å². The summed E-state index contributed by atoms with van der Waals surface area (Å²) in [5, 5.41) is 16.3. The molecule has 0 atom stereocenters. The number of hydrogen-bond donors (Lipinski definition) is 4. The van der Waals surface area contributed by atoms with Crippen molar-refractivity contribution in [1.29, 1.82) is 0 Å². The first-order valence-electron chi connectivity index (χ1n) is 6.45. The average Bonchev–Trinajstić information content (AvgIpc) is 2.29. The van der Waals surface area contributed by atoms with E-state index in [-0.39, 0.29) is 6.61 Å². The van der Waals surface area contributed by atoms with Gasteiger partial charge in [0.25, 0.3) is 0 Å². The highest BCUT2D eigenvalue weighted by Crippen LogP contribution is 2.07. The number of rotatable bonds is 10. The maximum atomic E-state index is 10.1. The fourth-order valence-corrected chi connectivity index (χ4v) is 1.30. The minimum Gasteiger partial charge on any atom is -0.481 e. The van der Waals surface area contributed by atoms with Crippen LogP contribution in [-0.2, 0) is 4.79 Å². The zero-order valence-corrected chi connectivity index (χ0v) is 11.0. The van der Waals surface area contributed by atoms with Crippen LogP contribution in [0.5, 0.6) is 0 Å². The second-order valence-electron chi connectivity index (χ2n) is 3.94. The zero-order valence-electron chi connectivity index (χ0n) is 11.0. The summed E-state index contributed by atoms with van der Waals surface area (Å²) >= 11 is 0. The molecule has 0 bridgehead atoms. The monoisotopic (exact) mass is 248 g/mol. The van der Waals surface area contributed by atoms with Crippen molar-refractivity contribution in [3.05, 3.63) is 0 Å². The fraction of sp³-hybridized carbons (Fsp3) is 0.917. The predicted octanol–water partition coefficient (Wildman–Crippen LogP) is 1.65. The Kier molecular flexibility index (Phi) is 19.5. The third-order valence-electron chi connectivity index (χ3n) is 2.25. The molecule has 0 unspecified atom stereocenters. The van der Waals surface area contributed by atoms with Crippen molar-refractivity contribution >= 4 is 5.97 Å². The van der Waals surface area contributed by atoms with Crippen molar-refractivity contribution in [1.82, 2.24) is 5.43 Å². The Bertz CT molecular complexity index is 153. The average molecular weight is 248 g/mol. The van der Waals surface area contributed by atoms with Crippen LogP contribution in [0.2, 0.25) is 0 Å². The van der Waals surface area contributed by atoms with E-state index in [2.05, 4.69) is 12.3 Å². The highest BCUT2D eigenvalue weighted by molar-refractivity contribution is 5.66. The van der Waals surface area contributed by atoms with Gasteiger partial charge in [0.2, 0.25) is 0 Å². The number of unbranched alkanes of at least 4 members (excludes halogenated alkanes) is 6. The second-order valence-corrected chi connectivity index (χ2v) is 3.94. The number of hydrogen-bond acceptors (Lipinski definition) is 4. The van der Waals surface area contributed by atoms with Crippen LogP contribution in [0.25, 0.3) is 0 Å². The molecule has 0 fully saturated rings. The quantitative estimate of drug-likeness (QED) is 0.268. The van der Waals surface area contributed by atoms with Gasteiger partial charge >= 0.3 is 5.97 Å². The SMILES string of the molecule is CCCCCCCCCC(=O)O.NNCCO. The maximum absolute atomic E-state index is 10.1. The van der Waals surface area contributed by atoms with E-state index in [1.54, 1.807) is 0 Å². The minimum absolute atomic E-state index is 0.108. The molecule has 104 valence electrons. The summed E-state index contributed by atoms with van der Waals surface area (Å²) < 4.78 is 0. The van der Waals surface area contributed by atoms with E-state index < -0.39 is 5.97 Å². The zero-order chi connectivity index (χ0) is 13.4. The topological polar surface area (TPSA) is 95.6 Å². The number of aliphatic hydroxyl groups excluding tert-OH is 1. The normalized spacial score (nSPS) is 9.59. The van der Waals surface area contributed by atoms with Gasteiger partial charge in [-0.3, -0.25) is 16.1 Å². The van der Waals surface area contributed by atoms with Gasteiger partial charge in [-0.25, -0.2) is 0 Å². The molecule has 0 aliphatic carbocycles. The Hall–Kier alpha value is -0.650. The number of hydrazine groups is 1. The molecule has 0 spiro atoms. The van der Waals surface area contributed by atoms with Gasteiger partial charge in [0.05, 0.1) is 6.61 Å². The van der Waals surface area contributed by atoms with Crippen molar-refractivity contribution in [2.24, 2.45) is 5.84 Å². The van der Waals surface area contributed by atoms with Crippen LogP contribution in [0.1, 0.15) is 58.3 Å². The number of nitrogens with one attached hydrogen (secondary N) is 1. The molecule has 17 heavy (non-hydrogen) atoms. The summed E-state index contributed by atoms with van der Waals surface area (Å²) in [6, 6.07) is 0. The first-order chi connectivity index (χ1) is 8.18. The highest BCUT2D eigenvalue weighted by Gasteiger charge is 1.95. The molecule has 0 aliphatic heterocycles.